The highest BCUT2D eigenvalue weighted by atomic mass is 32.1. The lowest BCUT2D eigenvalue weighted by Gasteiger charge is -2.11. The van der Waals surface area contributed by atoms with Crippen LogP contribution in [0.1, 0.15) is 22.2 Å². The third-order valence-corrected chi connectivity index (χ3v) is 3.22. The molecule has 0 spiro atoms. The quantitative estimate of drug-likeness (QED) is 0.847. The molecule has 0 aromatic carbocycles. The molecule has 0 aliphatic carbocycles. The fourth-order valence-electron chi connectivity index (χ4n) is 1.39. The minimum Gasteiger partial charge on any atom is -0.319 e. The van der Waals surface area contributed by atoms with Crippen LogP contribution in [0, 0.1) is 12.7 Å². The molecule has 1 atom stereocenters. The normalized spacial score (nSPS) is 12.7. The van der Waals surface area contributed by atoms with Gasteiger partial charge in [-0.05, 0) is 13.0 Å². The van der Waals surface area contributed by atoms with Gasteiger partial charge in [0.15, 0.2) is 0 Å². The third kappa shape index (κ3) is 1.88. The van der Waals surface area contributed by atoms with Crippen molar-refractivity contribution in [3.8, 4) is 0 Å². The van der Waals surface area contributed by atoms with E-state index in [-0.39, 0.29) is 5.82 Å². The van der Waals surface area contributed by atoms with Crippen LogP contribution in [0.5, 0.6) is 0 Å². The maximum Gasteiger partial charge on any atom is 0.146 e. The molecule has 0 fully saturated rings. The van der Waals surface area contributed by atoms with Gasteiger partial charge in [-0.2, -0.15) is 0 Å². The number of aromatic nitrogens is 2. The van der Waals surface area contributed by atoms with Crippen LogP contribution >= 0.6 is 11.3 Å². The van der Waals surface area contributed by atoms with Crippen LogP contribution in [0.3, 0.4) is 0 Å². The van der Waals surface area contributed by atoms with E-state index in [9.17, 15) is 4.39 Å². The highest BCUT2D eigenvalue weighted by Crippen LogP contribution is 2.26. The minimum atomic E-state index is -0.458. The van der Waals surface area contributed by atoms with Crippen LogP contribution in [0.4, 0.5) is 4.39 Å². The van der Waals surface area contributed by atoms with Crippen LogP contribution in [0.15, 0.2) is 24.0 Å². The summed E-state index contributed by atoms with van der Waals surface area (Å²) in [6, 6.07) is 1.14. The van der Waals surface area contributed by atoms with E-state index in [1.807, 2.05) is 6.92 Å². The molecule has 2 heterocycles. The number of nitrogens with zero attached hydrogens (tertiary/aromatic N) is 2. The molecule has 0 aliphatic heterocycles. The Labute approximate surface area is 90.8 Å². The molecule has 3 nitrogen and oxygen atoms in total. The topological polar surface area (TPSA) is 51.8 Å². The number of pyridine rings is 1. The standard InChI is InChI=1S/C10H10FN3S/c1-6-10(15-5-14-6)9(12)7-2-3-13-4-8(7)11/h2-5,9H,12H2,1H3. The van der Waals surface area contributed by atoms with Gasteiger partial charge in [-0.15, -0.1) is 11.3 Å². The molecule has 0 radical (unpaired) electrons. The van der Waals surface area contributed by atoms with Gasteiger partial charge in [0.2, 0.25) is 0 Å². The lowest BCUT2D eigenvalue weighted by molar-refractivity contribution is 0.594. The second-order valence-electron chi connectivity index (χ2n) is 3.18. The predicted octanol–water partition coefficient (Wildman–Crippen LogP) is 2.03. The van der Waals surface area contributed by atoms with Crippen molar-refractivity contribution in [2.24, 2.45) is 5.73 Å². The van der Waals surface area contributed by atoms with Crippen molar-refractivity contribution in [1.82, 2.24) is 9.97 Å². The molecule has 2 rings (SSSR count). The lowest BCUT2D eigenvalue weighted by atomic mass is 10.1. The van der Waals surface area contributed by atoms with E-state index >= 15 is 0 Å². The molecule has 78 valence electrons. The van der Waals surface area contributed by atoms with Gasteiger partial charge in [0.25, 0.3) is 0 Å². The van der Waals surface area contributed by atoms with Gasteiger partial charge in [0.1, 0.15) is 5.82 Å². The van der Waals surface area contributed by atoms with E-state index in [0.717, 1.165) is 10.6 Å². The van der Waals surface area contributed by atoms with Gasteiger partial charge in [-0.3, -0.25) is 4.98 Å². The number of thiazole rings is 1. The maximum atomic E-state index is 13.4. The van der Waals surface area contributed by atoms with Crippen molar-refractivity contribution in [2.45, 2.75) is 13.0 Å². The van der Waals surface area contributed by atoms with E-state index in [0.29, 0.717) is 5.56 Å². The van der Waals surface area contributed by atoms with Crippen molar-refractivity contribution in [2.75, 3.05) is 0 Å². The average Bonchev–Trinajstić information content (AvgIpc) is 2.64. The molecule has 0 bridgehead atoms. The van der Waals surface area contributed by atoms with Crippen molar-refractivity contribution < 1.29 is 4.39 Å². The van der Waals surface area contributed by atoms with E-state index in [2.05, 4.69) is 9.97 Å². The molecule has 2 aromatic rings. The predicted molar refractivity (Wildman–Crippen MR) is 57.1 cm³/mol. The summed E-state index contributed by atoms with van der Waals surface area (Å²) in [5.74, 6) is -0.377. The van der Waals surface area contributed by atoms with E-state index < -0.39 is 6.04 Å². The van der Waals surface area contributed by atoms with Gasteiger partial charge >= 0.3 is 0 Å². The van der Waals surface area contributed by atoms with E-state index in [4.69, 9.17) is 5.73 Å². The SMILES string of the molecule is Cc1ncsc1C(N)c1ccncc1F. The summed E-state index contributed by atoms with van der Waals surface area (Å²) in [6.45, 7) is 1.87. The van der Waals surface area contributed by atoms with E-state index in [1.54, 1.807) is 11.6 Å². The summed E-state index contributed by atoms with van der Waals surface area (Å²) in [7, 11) is 0. The second-order valence-corrected chi connectivity index (χ2v) is 4.06. The van der Waals surface area contributed by atoms with Crippen molar-refractivity contribution >= 4 is 11.3 Å². The van der Waals surface area contributed by atoms with Gasteiger partial charge < -0.3 is 5.73 Å². The Morgan fingerprint density at radius 2 is 2.33 bits per heavy atom. The zero-order valence-corrected chi connectivity index (χ0v) is 8.96. The summed E-state index contributed by atoms with van der Waals surface area (Å²) in [5.41, 5.74) is 8.98. The number of aryl methyl sites for hydroxylation is 1. The Kier molecular flexibility index (Phi) is 2.75. The molecule has 1 unspecified atom stereocenters. The van der Waals surface area contributed by atoms with Gasteiger partial charge in [0.05, 0.1) is 23.4 Å². The second kappa shape index (κ2) is 4.04. The average molecular weight is 223 g/mol. The van der Waals surface area contributed by atoms with Crippen LogP contribution in [-0.4, -0.2) is 9.97 Å². The third-order valence-electron chi connectivity index (χ3n) is 2.20. The summed E-state index contributed by atoms with van der Waals surface area (Å²) < 4.78 is 13.4. The van der Waals surface area contributed by atoms with Crippen molar-refractivity contribution in [3.05, 3.63) is 45.9 Å². The van der Waals surface area contributed by atoms with Crippen LogP contribution in [-0.2, 0) is 0 Å². The fraction of sp³-hybridized carbons (Fsp3) is 0.200. The van der Waals surface area contributed by atoms with Gasteiger partial charge in [-0.1, -0.05) is 0 Å². The molecule has 0 amide bonds. The minimum absolute atomic E-state index is 0.377. The van der Waals surface area contributed by atoms with Crippen molar-refractivity contribution in [3.63, 3.8) is 0 Å². The number of hydrogen-bond acceptors (Lipinski definition) is 4. The molecule has 0 aliphatic rings. The summed E-state index contributed by atoms with van der Waals surface area (Å²) in [4.78, 5) is 8.67. The fourth-order valence-corrected chi connectivity index (χ4v) is 2.21. The molecular formula is C10H10FN3S. The first-order valence-corrected chi connectivity index (χ1v) is 5.33. The first-order valence-electron chi connectivity index (χ1n) is 4.45. The van der Waals surface area contributed by atoms with Crippen LogP contribution in [0.25, 0.3) is 0 Å². The Hall–Kier alpha value is -1.33. The Bertz CT molecular complexity index is 469. The molecule has 2 N–H and O–H groups in total. The smallest absolute Gasteiger partial charge is 0.146 e. The van der Waals surface area contributed by atoms with Crippen LogP contribution < -0.4 is 5.73 Å². The molecule has 5 heteroatoms. The highest BCUT2D eigenvalue weighted by Gasteiger charge is 2.16. The molecular weight excluding hydrogens is 213 g/mol. The van der Waals surface area contributed by atoms with Crippen LogP contribution in [0.2, 0.25) is 0 Å². The first-order chi connectivity index (χ1) is 7.20. The molecule has 0 saturated heterocycles. The lowest BCUT2D eigenvalue weighted by Crippen LogP contribution is -2.13. The first kappa shape index (κ1) is 10.2. The number of hydrogen-bond donors (Lipinski definition) is 1. The monoisotopic (exact) mass is 223 g/mol. The molecule has 0 saturated carbocycles. The summed E-state index contributed by atoms with van der Waals surface area (Å²) in [6.07, 6.45) is 2.71. The highest BCUT2D eigenvalue weighted by molar-refractivity contribution is 7.09. The largest absolute Gasteiger partial charge is 0.319 e. The maximum absolute atomic E-state index is 13.4. The Morgan fingerprint density at radius 3 is 2.93 bits per heavy atom. The Morgan fingerprint density at radius 1 is 1.53 bits per heavy atom. The Balaban J connectivity index is 2.41. The number of halogens is 1. The molecule has 2 aromatic heterocycles. The number of rotatable bonds is 2. The van der Waals surface area contributed by atoms with Gasteiger partial charge in [0, 0.05) is 16.6 Å². The summed E-state index contributed by atoms with van der Waals surface area (Å²) >= 11 is 1.44. The van der Waals surface area contributed by atoms with Gasteiger partial charge in [-0.25, -0.2) is 9.37 Å². The zero-order valence-electron chi connectivity index (χ0n) is 8.14. The van der Waals surface area contributed by atoms with Crippen molar-refractivity contribution in [1.29, 1.82) is 0 Å². The van der Waals surface area contributed by atoms with E-state index in [1.165, 1.54) is 23.7 Å². The number of nitrogens with two attached hydrogens (primary N) is 1. The summed E-state index contributed by atoms with van der Waals surface area (Å²) in [5, 5.41) is 0. The zero-order chi connectivity index (χ0) is 10.8. The molecule has 15 heavy (non-hydrogen) atoms.